The van der Waals surface area contributed by atoms with Crippen LogP contribution >= 0.6 is 0 Å². The van der Waals surface area contributed by atoms with Gasteiger partial charge in [-0.25, -0.2) is 0 Å². The summed E-state index contributed by atoms with van der Waals surface area (Å²) in [5, 5.41) is 0.0514. The maximum Gasteiger partial charge on any atom is 0.177 e. The molecule has 0 aliphatic heterocycles. The molecule has 2 heteroatoms. The summed E-state index contributed by atoms with van der Waals surface area (Å²) in [5.41, 5.74) is 2.69. The van der Waals surface area contributed by atoms with Crippen LogP contribution in [0.1, 0.15) is 45.2 Å². The summed E-state index contributed by atoms with van der Waals surface area (Å²) in [5.74, 6) is 0. The van der Waals surface area contributed by atoms with Gasteiger partial charge in [0, 0.05) is 10.6 Å². The molecule has 2 rings (SSSR count). The number of hydrogen-bond acceptors (Lipinski definition) is 1. The van der Waals surface area contributed by atoms with Crippen LogP contribution in [0.4, 0.5) is 0 Å². The molecule has 2 aromatic carbocycles. The van der Waals surface area contributed by atoms with Crippen molar-refractivity contribution in [1.29, 1.82) is 0 Å². The van der Waals surface area contributed by atoms with Gasteiger partial charge in [0.15, 0.2) is 9.76 Å². The van der Waals surface area contributed by atoms with Gasteiger partial charge in [-0.1, -0.05) is 67.6 Å². The molecule has 21 heavy (non-hydrogen) atoms. The summed E-state index contributed by atoms with van der Waals surface area (Å²) in [7, 11) is -0.782. The Morgan fingerprint density at radius 3 is 1.57 bits per heavy atom. The molecular weight excluding hydrogens is 272 g/mol. The van der Waals surface area contributed by atoms with Gasteiger partial charge >= 0.3 is 0 Å². The molecule has 0 aromatic heterocycles. The molecule has 0 saturated heterocycles. The maximum absolute atomic E-state index is 6.33. The molecule has 0 unspecified atom stereocenters. The molecule has 0 spiro atoms. The minimum absolute atomic E-state index is 0.0514. The predicted molar refractivity (Wildman–Crippen MR) is 93.3 cm³/mol. The molecule has 0 saturated carbocycles. The van der Waals surface area contributed by atoms with E-state index in [1.807, 2.05) is 0 Å². The SMILES string of the molecule is CCC([SiH2]OC(C)(C)C)(c1ccccc1)c1ccccc1. The van der Waals surface area contributed by atoms with Gasteiger partial charge in [0.05, 0.1) is 0 Å². The van der Waals surface area contributed by atoms with Gasteiger partial charge in [0.1, 0.15) is 0 Å². The lowest BCUT2D eigenvalue weighted by Crippen LogP contribution is -2.39. The van der Waals surface area contributed by atoms with Crippen LogP contribution in [0.2, 0.25) is 0 Å². The molecule has 0 aliphatic rings. The summed E-state index contributed by atoms with van der Waals surface area (Å²) in [6, 6.07) is 21.7. The Hall–Kier alpha value is -1.38. The lowest BCUT2D eigenvalue weighted by Gasteiger charge is -2.36. The Kier molecular flexibility index (Phi) is 5.02. The Morgan fingerprint density at radius 2 is 1.24 bits per heavy atom. The van der Waals surface area contributed by atoms with Crippen molar-refractivity contribution < 1.29 is 4.43 Å². The highest BCUT2D eigenvalue weighted by molar-refractivity contribution is 6.34. The zero-order valence-electron chi connectivity index (χ0n) is 13.6. The molecule has 0 atom stereocenters. The second-order valence-electron chi connectivity index (χ2n) is 6.57. The van der Waals surface area contributed by atoms with Crippen LogP contribution in [-0.4, -0.2) is 15.4 Å². The van der Waals surface area contributed by atoms with E-state index in [0.29, 0.717) is 0 Å². The van der Waals surface area contributed by atoms with Crippen molar-refractivity contribution >= 4 is 9.76 Å². The Balaban J connectivity index is 2.47. The van der Waals surface area contributed by atoms with Gasteiger partial charge in [-0.2, -0.15) is 0 Å². The summed E-state index contributed by atoms with van der Waals surface area (Å²) < 4.78 is 6.33. The van der Waals surface area contributed by atoms with Gasteiger partial charge in [0.2, 0.25) is 0 Å². The lowest BCUT2D eigenvalue weighted by atomic mass is 9.88. The fourth-order valence-corrected chi connectivity index (χ4v) is 4.39. The second-order valence-corrected chi connectivity index (χ2v) is 8.35. The average Bonchev–Trinajstić information content (AvgIpc) is 2.49. The maximum atomic E-state index is 6.33. The first-order valence-electron chi connectivity index (χ1n) is 7.73. The smallest absolute Gasteiger partial charge is 0.177 e. The van der Waals surface area contributed by atoms with Crippen molar-refractivity contribution in [1.82, 2.24) is 0 Å². The van der Waals surface area contributed by atoms with E-state index in [4.69, 9.17) is 4.43 Å². The largest absolute Gasteiger partial charge is 0.418 e. The van der Waals surface area contributed by atoms with E-state index in [9.17, 15) is 0 Å². The highest BCUT2D eigenvalue weighted by Gasteiger charge is 2.34. The van der Waals surface area contributed by atoms with E-state index in [0.717, 1.165) is 6.42 Å². The molecule has 1 nitrogen and oxygen atoms in total. The molecule has 0 N–H and O–H groups in total. The zero-order valence-corrected chi connectivity index (χ0v) is 15.0. The Morgan fingerprint density at radius 1 is 0.810 bits per heavy atom. The number of hydrogen-bond donors (Lipinski definition) is 0. The Bertz CT molecular complexity index is 503. The quantitative estimate of drug-likeness (QED) is 0.750. The van der Waals surface area contributed by atoms with E-state index < -0.39 is 9.76 Å². The van der Waals surface area contributed by atoms with Crippen molar-refractivity contribution in [2.24, 2.45) is 0 Å². The zero-order chi connectivity index (χ0) is 15.3. The lowest BCUT2D eigenvalue weighted by molar-refractivity contribution is 0.131. The molecule has 0 bridgehead atoms. The number of rotatable bonds is 5. The van der Waals surface area contributed by atoms with Crippen LogP contribution in [0.5, 0.6) is 0 Å². The van der Waals surface area contributed by atoms with Crippen LogP contribution in [0, 0.1) is 0 Å². The highest BCUT2D eigenvalue weighted by atomic mass is 28.2. The third kappa shape index (κ3) is 3.83. The van der Waals surface area contributed by atoms with E-state index in [-0.39, 0.29) is 10.6 Å². The summed E-state index contributed by atoms with van der Waals surface area (Å²) in [6.07, 6.45) is 1.07. The van der Waals surface area contributed by atoms with E-state index >= 15 is 0 Å². The number of benzene rings is 2. The second kappa shape index (κ2) is 6.59. The van der Waals surface area contributed by atoms with E-state index in [2.05, 4.69) is 88.4 Å². The van der Waals surface area contributed by atoms with Crippen LogP contribution in [0.15, 0.2) is 60.7 Å². The van der Waals surface area contributed by atoms with Crippen molar-refractivity contribution in [3.63, 3.8) is 0 Å². The van der Waals surface area contributed by atoms with Crippen LogP contribution in [0.25, 0.3) is 0 Å². The summed E-state index contributed by atoms with van der Waals surface area (Å²) in [6.45, 7) is 8.72. The highest BCUT2D eigenvalue weighted by Crippen LogP contribution is 2.35. The molecular formula is C19H26OSi. The third-order valence-electron chi connectivity index (χ3n) is 4.01. The minimum Gasteiger partial charge on any atom is -0.418 e. The standard InChI is InChI=1S/C19H26OSi/c1-5-19(21-20-18(2,3)4,16-12-8-6-9-13-16)17-14-10-7-11-15-17/h6-15H,5,21H2,1-4H3. The van der Waals surface area contributed by atoms with Gasteiger partial charge in [0.25, 0.3) is 0 Å². The first kappa shape index (κ1) is 16.0. The fourth-order valence-electron chi connectivity index (χ4n) is 2.70. The van der Waals surface area contributed by atoms with Gasteiger partial charge in [-0.15, -0.1) is 0 Å². The van der Waals surface area contributed by atoms with Crippen LogP contribution in [0.3, 0.4) is 0 Å². The molecule has 0 amide bonds. The van der Waals surface area contributed by atoms with E-state index in [1.54, 1.807) is 0 Å². The monoisotopic (exact) mass is 298 g/mol. The van der Waals surface area contributed by atoms with Gasteiger partial charge in [-0.3, -0.25) is 0 Å². The van der Waals surface area contributed by atoms with Crippen LogP contribution < -0.4 is 0 Å². The molecule has 0 radical (unpaired) electrons. The normalized spacial score (nSPS) is 13.0. The Labute approximate surface area is 131 Å². The van der Waals surface area contributed by atoms with Gasteiger partial charge < -0.3 is 4.43 Å². The molecule has 0 fully saturated rings. The van der Waals surface area contributed by atoms with Crippen molar-refractivity contribution in [2.75, 3.05) is 0 Å². The van der Waals surface area contributed by atoms with E-state index in [1.165, 1.54) is 11.1 Å². The third-order valence-corrected chi connectivity index (χ3v) is 6.83. The first-order chi connectivity index (χ1) is 9.98. The first-order valence-corrected chi connectivity index (χ1v) is 9.01. The molecule has 2 aromatic rings. The van der Waals surface area contributed by atoms with Crippen molar-refractivity contribution in [3.05, 3.63) is 71.8 Å². The van der Waals surface area contributed by atoms with Gasteiger partial charge in [-0.05, 0) is 38.3 Å². The molecule has 0 aliphatic carbocycles. The summed E-state index contributed by atoms with van der Waals surface area (Å²) in [4.78, 5) is 0. The van der Waals surface area contributed by atoms with Crippen molar-refractivity contribution in [2.45, 2.75) is 44.8 Å². The fraction of sp³-hybridized carbons (Fsp3) is 0.368. The predicted octanol–water partition coefficient (Wildman–Crippen LogP) is 4.24. The van der Waals surface area contributed by atoms with Crippen molar-refractivity contribution in [3.8, 4) is 0 Å². The summed E-state index contributed by atoms with van der Waals surface area (Å²) >= 11 is 0. The molecule has 112 valence electrons. The average molecular weight is 299 g/mol. The molecule has 0 heterocycles. The van der Waals surface area contributed by atoms with Crippen LogP contribution in [-0.2, 0) is 9.46 Å². The topological polar surface area (TPSA) is 9.23 Å². The minimum atomic E-state index is -0.782.